The van der Waals surface area contributed by atoms with Crippen LogP contribution in [0.4, 0.5) is 4.79 Å². The Hall–Kier alpha value is -1.27. The van der Waals surface area contributed by atoms with E-state index in [9.17, 15) is 9.59 Å². The standard InChI is InChI=1S/C16H30N3O4Se/c1-10(2)8-12(13(20)22-7)19-14(24)17-9-11(3)18-15(21)23-16(4,5)6/h10-12H,8-9H2,1-7H3,(H,17,19)(H,18,21)/t11?,12-/m0/s1. The van der Waals surface area contributed by atoms with Crippen LogP contribution in [0, 0.1) is 5.92 Å². The number of methoxy groups -OCH3 is 1. The summed E-state index contributed by atoms with van der Waals surface area (Å²) in [6.45, 7) is 11.7. The Morgan fingerprint density at radius 3 is 2.21 bits per heavy atom. The minimum atomic E-state index is -0.539. The third kappa shape index (κ3) is 11.3. The number of esters is 1. The minimum absolute atomic E-state index is 0.202. The van der Waals surface area contributed by atoms with E-state index in [-0.39, 0.29) is 12.0 Å². The molecule has 1 amide bonds. The van der Waals surface area contributed by atoms with Crippen LogP contribution in [0.25, 0.3) is 0 Å². The number of rotatable bonds is 7. The van der Waals surface area contributed by atoms with Crippen molar-refractivity contribution in [3.63, 3.8) is 0 Å². The Labute approximate surface area is 153 Å². The maximum absolute atomic E-state index is 11.8. The summed E-state index contributed by atoms with van der Waals surface area (Å²) in [7, 11) is 1.36. The first-order valence-electron chi connectivity index (χ1n) is 8.00. The summed E-state index contributed by atoms with van der Waals surface area (Å²) in [5.41, 5.74) is -0.539. The molecular weight excluding hydrogens is 377 g/mol. The van der Waals surface area contributed by atoms with Crippen LogP contribution in [0.5, 0.6) is 0 Å². The number of alkyl carbamates (subject to hydrolysis) is 1. The van der Waals surface area contributed by atoms with Gasteiger partial charge in [-0.05, 0) is 0 Å². The van der Waals surface area contributed by atoms with E-state index in [0.29, 0.717) is 23.6 Å². The van der Waals surface area contributed by atoms with Crippen LogP contribution in [0.15, 0.2) is 4.99 Å². The average Bonchev–Trinajstić information content (AvgIpc) is 2.40. The van der Waals surface area contributed by atoms with E-state index in [1.54, 1.807) is 20.8 Å². The Balaban J connectivity index is 4.50. The van der Waals surface area contributed by atoms with E-state index < -0.39 is 17.7 Å². The Kier molecular flexibility index (Phi) is 10.0. The summed E-state index contributed by atoms with van der Waals surface area (Å²) in [6.07, 6.45) is 0.158. The van der Waals surface area contributed by atoms with Crippen molar-refractivity contribution in [2.45, 2.75) is 65.6 Å². The van der Waals surface area contributed by atoms with E-state index in [1.807, 2.05) is 20.8 Å². The molecule has 0 rings (SSSR count). The van der Waals surface area contributed by atoms with Crippen LogP contribution in [0.3, 0.4) is 0 Å². The van der Waals surface area contributed by atoms with Crippen molar-refractivity contribution >= 4 is 32.8 Å². The molecule has 0 aliphatic heterocycles. The summed E-state index contributed by atoms with van der Waals surface area (Å²) < 4.78 is 10.5. The number of ether oxygens (including phenoxy) is 2. The first kappa shape index (κ1) is 22.7. The van der Waals surface area contributed by atoms with Crippen LogP contribution in [-0.4, -0.2) is 64.1 Å². The van der Waals surface area contributed by atoms with Crippen LogP contribution in [0.1, 0.15) is 48.0 Å². The number of hydrogen-bond acceptors (Lipinski definition) is 5. The molecule has 2 N–H and O–H groups in total. The first-order valence-corrected chi connectivity index (χ1v) is 8.85. The molecule has 139 valence electrons. The zero-order chi connectivity index (χ0) is 18.9. The van der Waals surface area contributed by atoms with Gasteiger partial charge in [-0.1, -0.05) is 0 Å². The molecule has 0 aromatic carbocycles. The Morgan fingerprint density at radius 2 is 1.75 bits per heavy atom. The molecule has 1 unspecified atom stereocenters. The fourth-order valence-corrected chi connectivity index (χ4v) is 2.25. The third-order valence-corrected chi connectivity index (χ3v) is 3.28. The molecule has 0 aliphatic carbocycles. The fraction of sp³-hybridized carbons (Fsp3) is 0.812. The normalized spacial score (nSPS) is 14.8. The van der Waals surface area contributed by atoms with Crippen molar-refractivity contribution in [2.75, 3.05) is 13.7 Å². The van der Waals surface area contributed by atoms with Gasteiger partial charge in [-0.15, -0.1) is 0 Å². The second-order valence-electron chi connectivity index (χ2n) is 7.04. The maximum atomic E-state index is 11.8. The van der Waals surface area contributed by atoms with Gasteiger partial charge in [-0.25, -0.2) is 0 Å². The average molecular weight is 407 g/mol. The van der Waals surface area contributed by atoms with Crippen molar-refractivity contribution < 1.29 is 19.1 Å². The number of hydrogen-bond donors (Lipinski definition) is 2. The number of amides is 1. The summed E-state index contributed by atoms with van der Waals surface area (Å²) in [5, 5.41) is 5.73. The van der Waals surface area contributed by atoms with Crippen molar-refractivity contribution in [1.29, 1.82) is 0 Å². The molecule has 0 saturated carbocycles. The van der Waals surface area contributed by atoms with Gasteiger partial charge in [0.1, 0.15) is 0 Å². The molecular formula is C16H30N3O4Se. The quantitative estimate of drug-likeness (QED) is 0.290. The van der Waals surface area contributed by atoms with Gasteiger partial charge in [0, 0.05) is 0 Å². The van der Waals surface area contributed by atoms with Gasteiger partial charge in [0.05, 0.1) is 0 Å². The van der Waals surface area contributed by atoms with Crippen LogP contribution in [-0.2, 0) is 14.3 Å². The van der Waals surface area contributed by atoms with Crippen LogP contribution >= 0.6 is 0 Å². The number of carbonyl (C=O) groups is 2. The van der Waals surface area contributed by atoms with Crippen LogP contribution < -0.4 is 10.6 Å². The zero-order valence-electron chi connectivity index (χ0n) is 15.6. The molecule has 0 fully saturated rings. The third-order valence-electron chi connectivity index (χ3n) is 2.76. The van der Waals surface area contributed by atoms with Gasteiger partial charge in [-0.3, -0.25) is 0 Å². The summed E-state index contributed by atoms with van der Waals surface area (Å²) in [5.74, 6) is 0.00809. The second kappa shape index (κ2) is 10.6. The van der Waals surface area contributed by atoms with Gasteiger partial charge in [0.2, 0.25) is 0 Å². The van der Waals surface area contributed by atoms with Crippen molar-refractivity contribution in [3.8, 4) is 0 Å². The molecule has 0 aromatic heterocycles. The van der Waals surface area contributed by atoms with Crippen molar-refractivity contribution in [3.05, 3.63) is 0 Å². The molecule has 1 radical (unpaired) electrons. The molecule has 24 heavy (non-hydrogen) atoms. The van der Waals surface area contributed by atoms with Crippen molar-refractivity contribution in [1.82, 2.24) is 10.6 Å². The van der Waals surface area contributed by atoms with Gasteiger partial charge >= 0.3 is 153 Å². The topological polar surface area (TPSA) is 89.0 Å². The molecule has 0 heterocycles. The van der Waals surface area contributed by atoms with E-state index >= 15 is 0 Å². The summed E-state index contributed by atoms with van der Waals surface area (Å²) in [4.78, 5) is 27.8. The molecule has 0 spiro atoms. The second-order valence-corrected chi connectivity index (χ2v) is 7.85. The molecule has 0 aliphatic rings. The number of carbonyl (C=O) groups excluding carboxylic acids is 2. The first-order chi connectivity index (χ1) is 10.9. The summed E-state index contributed by atoms with van der Waals surface area (Å²) >= 11 is 2.79. The number of amidine groups is 1. The zero-order valence-corrected chi connectivity index (χ0v) is 17.3. The van der Waals surface area contributed by atoms with E-state index in [2.05, 4.69) is 31.6 Å². The Bertz CT molecular complexity index is 447. The predicted molar refractivity (Wildman–Crippen MR) is 95.3 cm³/mol. The van der Waals surface area contributed by atoms with Crippen LogP contribution in [0.2, 0.25) is 0 Å². The molecule has 7 nitrogen and oxygen atoms in total. The molecule has 0 aromatic rings. The summed E-state index contributed by atoms with van der Waals surface area (Å²) in [6, 6.07) is -0.657. The Morgan fingerprint density at radius 1 is 1.17 bits per heavy atom. The number of aliphatic imine (C=N–C) groups is 1. The molecule has 8 heteroatoms. The number of nitrogens with zero attached hydrogens (tertiary/aromatic N) is 1. The number of nitrogens with one attached hydrogen (secondary N) is 2. The van der Waals surface area contributed by atoms with E-state index in [4.69, 9.17) is 9.47 Å². The SMILES string of the molecule is COC(=O)[C@H](CC(C)C)NC([Se])=NCC(C)NC(=O)OC(C)(C)C. The molecule has 2 atom stereocenters. The predicted octanol–water partition coefficient (Wildman–Crippen LogP) is 1.60. The molecule has 0 bridgehead atoms. The van der Waals surface area contributed by atoms with Crippen molar-refractivity contribution in [2.24, 2.45) is 10.9 Å². The van der Waals surface area contributed by atoms with Gasteiger partial charge in [0.15, 0.2) is 0 Å². The van der Waals surface area contributed by atoms with Gasteiger partial charge < -0.3 is 0 Å². The molecule has 0 saturated heterocycles. The fourth-order valence-electron chi connectivity index (χ4n) is 1.80. The van der Waals surface area contributed by atoms with Gasteiger partial charge in [-0.2, -0.15) is 0 Å². The van der Waals surface area contributed by atoms with Gasteiger partial charge in [0.25, 0.3) is 0 Å². The van der Waals surface area contributed by atoms with E-state index in [1.165, 1.54) is 7.11 Å². The monoisotopic (exact) mass is 408 g/mol. The van der Waals surface area contributed by atoms with E-state index in [0.717, 1.165) is 0 Å².